The molecule has 0 saturated heterocycles. The summed E-state index contributed by atoms with van der Waals surface area (Å²) in [4.78, 5) is 8.51. The molecule has 0 aliphatic rings. The van der Waals surface area contributed by atoms with Gasteiger partial charge in [0.25, 0.3) is 0 Å². The van der Waals surface area contributed by atoms with Gasteiger partial charge in [-0.3, -0.25) is 4.40 Å². The second-order valence-electron chi connectivity index (χ2n) is 3.66. The summed E-state index contributed by atoms with van der Waals surface area (Å²) < 4.78 is 7.50. The Balaban J connectivity index is 1.77. The van der Waals surface area contributed by atoms with E-state index in [2.05, 4.69) is 9.97 Å². The highest BCUT2D eigenvalue weighted by Crippen LogP contribution is 2.11. The van der Waals surface area contributed by atoms with Crippen molar-refractivity contribution < 1.29 is 4.74 Å². The maximum absolute atomic E-state index is 5.62. The average molecular weight is 225 g/mol. The lowest BCUT2D eigenvalue weighted by Gasteiger charge is -2.02. The summed E-state index contributed by atoms with van der Waals surface area (Å²) >= 11 is 0. The first-order valence-corrected chi connectivity index (χ1v) is 5.38. The first-order valence-electron chi connectivity index (χ1n) is 5.38. The molecule has 84 valence electrons. The molecule has 0 N–H and O–H groups in total. The molecule has 4 nitrogen and oxygen atoms in total. The third-order valence-electron chi connectivity index (χ3n) is 2.42. The monoisotopic (exact) mass is 225 g/mol. The van der Waals surface area contributed by atoms with Crippen molar-refractivity contribution in [3.63, 3.8) is 0 Å². The Labute approximate surface area is 98.5 Å². The minimum Gasteiger partial charge on any atom is -0.487 e. The Morgan fingerprint density at radius 1 is 1.12 bits per heavy atom. The van der Waals surface area contributed by atoms with Gasteiger partial charge >= 0.3 is 0 Å². The van der Waals surface area contributed by atoms with Crippen LogP contribution in [0.25, 0.3) is 5.78 Å². The molecule has 0 saturated carbocycles. The molecule has 0 unspecified atom stereocenters. The fraction of sp³-hybridized carbons (Fsp3) is 0.0769. The number of benzene rings is 1. The minimum atomic E-state index is 0.452. The van der Waals surface area contributed by atoms with Gasteiger partial charge in [0.1, 0.15) is 12.4 Å². The summed E-state index contributed by atoms with van der Waals surface area (Å²) in [6.45, 7) is 0.452. The zero-order valence-corrected chi connectivity index (χ0v) is 9.15. The first-order chi connectivity index (χ1) is 8.42. The van der Waals surface area contributed by atoms with Crippen LogP contribution in [0.4, 0.5) is 0 Å². The van der Waals surface area contributed by atoms with Crippen LogP contribution in [-0.2, 0) is 6.61 Å². The number of imidazole rings is 1. The Bertz CT molecular complexity index is 586. The van der Waals surface area contributed by atoms with E-state index in [9.17, 15) is 0 Å². The van der Waals surface area contributed by atoms with E-state index in [1.54, 1.807) is 6.20 Å². The average Bonchev–Trinajstić information content (AvgIpc) is 2.80. The molecule has 3 rings (SSSR count). The number of rotatable bonds is 3. The topological polar surface area (TPSA) is 39.4 Å². The predicted molar refractivity (Wildman–Crippen MR) is 63.8 cm³/mol. The molecular formula is C13H11N3O. The lowest BCUT2D eigenvalue weighted by molar-refractivity contribution is 0.302. The van der Waals surface area contributed by atoms with E-state index in [4.69, 9.17) is 4.74 Å². The number of para-hydroxylation sites is 1. The van der Waals surface area contributed by atoms with E-state index in [0.717, 1.165) is 11.4 Å². The molecule has 0 aliphatic carbocycles. The molecule has 0 fully saturated rings. The van der Waals surface area contributed by atoms with Crippen molar-refractivity contribution in [3.8, 4) is 5.75 Å². The summed E-state index contributed by atoms with van der Waals surface area (Å²) in [6, 6.07) is 11.6. The van der Waals surface area contributed by atoms with E-state index >= 15 is 0 Å². The molecule has 17 heavy (non-hydrogen) atoms. The van der Waals surface area contributed by atoms with Gasteiger partial charge in [0.15, 0.2) is 0 Å². The van der Waals surface area contributed by atoms with Gasteiger partial charge in [0.2, 0.25) is 5.78 Å². The number of hydrogen-bond acceptors (Lipinski definition) is 3. The van der Waals surface area contributed by atoms with E-state index in [1.807, 2.05) is 53.2 Å². The standard InChI is InChI=1S/C13H11N3O/c1-2-5-12(6-3-1)17-10-11-9-16-8-4-7-14-13(16)15-11/h1-9H,10H2. The first kappa shape index (κ1) is 9.84. The number of ether oxygens (including phenoxy) is 1. The normalized spacial score (nSPS) is 10.6. The molecule has 0 radical (unpaired) electrons. The van der Waals surface area contributed by atoms with E-state index in [1.165, 1.54) is 0 Å². The Morgan fingerprint density at radius 3 is 2.82 bits per heavy atom. The predicted octanol–water partition coefficient (Wildman–Crippen LogP) is 2.31. The van der Waals surface area contributed by atoms with Crippen LogP contribution < -0.4 is 4.74 Å². The third-order valence-corrected chi connectivity index (χ3v) is 2.42. The molecule has 2 heterocycles. The van der Waals surface area contributed by atoms with Crippen LogP contribution >= 0.6 is 0 Å². The quantitative estimate of drug-likeness (QED) is 0.686. The van der Waals surface area contributed by atoms with E-state index in [-0.39, 0.29) is 0 Å². The van der Waals surface area contributed by atoms with Crippen LogP contribution in [0.2, 0.25) is 0 Å². The molecule has 2 aromatic heterocycles. The Kier molecular flexibility index (Phi) is 2.46. The van der Waals surface area contributed by atoms with Crippen molar-refractivity contribution in [1.29, 1.82) is 0 Å². The Hall–Kier alpha value is -2.36. The highest BCUT2D eigenvalue weighted by molar-refractivity contribution is 5.29. The summed E-state index contributed by atoms with van der Waals surface area (Å²) in [5.74, 6) is 1.54. The SMILES string of the molecule is c1ccc(OCc2cn3cccnc3n2)cc1. The van der Waals surface area contributed by atoms with Crippen LogP contribution in [0.15, 0.2) is 55.0 Å². The highest BCUT2D eigenvalue weighted by atomic mass is 16.5. The molecule has 4 heteroatoms. The molecule has 0 atom stereocenters. The van der Waals surface area contributed by atoms with Crippen LogP contribution in [0, 0.1) is 0 Å². The number of nitrogens with zero attached hydrogens (tertiary/aromatic N) is 3. The van der Waals surface area contributed by atoms with Gasteiger partial charge in [-0.25, -0.2) is 9.97 Å². The second-order valence-corrected chi connectivity index (χ2v) is 3.66. The highest BCUT2D eigenvalue weighted by Gasteiger charge is 2.02. The fourth-order valence-corrected chi connectivity index (χ4v) is 1.62. The van der Waals surface area contributed by atoms with Crippen molar-refractivity contribution in [3.05, 3.63) is 60.7 Å². The van der Waals surface area contributed by atoms with Gasteiger partial charge in [-0.15, -0.1) is 0 Å². The molecule has 0 amide bonds. The molecule has 0 spiro atoms. The molecule has 1 aromatic carbocycles. The van der Waals surface area contributed by atoms with E-state index < -0.39 is 0 Å². The number of hydrogen-bond donors (Lipinski definition) is 0. The lowest BCUT2D eigenvalue weighted by atomic mass is 10.3. The molecule has 0 bridgehead atoms. The summed E-state index contributed by atoms with van der Waals surface area (Å²) in [5.41, 5.74) is 0.868. The molecule has 0 aliphatic heterocycles. The zero-order valence-electron chi connectivity index (χ0n) is 9.15. The summed E-state index contributed by atoms with van der Waals surface area (Å²) in [6.07, 6.45) is 5.57. The third kappa shape index (κ3) is 2.10. The minimum absolute atomic E-state index is 0.452. The van der Waals surface area contributed by atoms with Crippen molar-refractivity contribution in [2.45, 2.75) is 6.61 Å². The maximum Gasteiger partial charge on any atom is 0.234 e. The smallest absolute Gasteiger partial charge is 0.234 e. The van der Waals surface area contributed by atoms with Crippen LogP contribution in [-0.4, -0.2) is 14.4 Å². The lowest BCUT2D eigenvalue weighted by Crippen LogP contribution is -1.94. The van der Waals surface area contributed by atoms with Crippen LogP contribution in [0.5, 0.6) is 5.75 Å². The van der Waals surface area contributed by atoms with Gasteiger partial charge in [0, 0.05) is 18.6 Å². The summed E-state index contributed by atoms with van der Waals surface area (Å²) in [7, 11) is 0. The van der Waals surface area contributed by atoms with Gasteiger partial charge in [-0.1, -0.05) is 18.2 Å². The number of aromatic nitrogens is 3. The molecule has 3 aromatic rings. The fourth-order valence-electron chi connectivity index (χ4n) is 1.62. The summed E-state index contributed by atoms with van der Waals surface area (Å²) in [5, 5.41) is 0. The maximum atomic E-state index is 5.62. The number of fused-ring (bicyclic) bond motifs is 1. The van der Waals surface area contributed by atoms with Crippen LogP contribution in [0.3, 0.4) is 0 Å². The van der Waals surface area contributed by atoms with Crippen molar-refractivity contribution in [1.82, 2.24) is 14.4 Å². The van der Waals surface area contributed by atoms with Gasteiger partial charge in [-0.05, 0) is 18.2 Å². The van der Waals surface area contributed by atoms with Crippen molar-refractivity contribution in [2.75, 3.05) is 0 Å². The van der Waals surface area contributed by atoms with Gasteiger partial charge in [-0.2, -0.15) is 0 Å². The van der Waals surface area contributed by atoms with Crippen molar-refractivity contribution in [2.24, 2.45) is 0 Å². The van der Waals surface area contributed by atoms with Crippen LogP contribution in [0.1, 0.15) is 5.69 Å². The van der Waals surface area contributed by atoms with E-state index in [0.29, 0.717) is 12.4 Å². The zero-order chi connectivity index (χ0) is 11.5. The van der Waals surface area contributed by atoms with Crippen molar-refractivity contribution >= 4 is 5.78 Å². The van der Waals surface area contributed by atoms with Gasteiger partial charge < -0.3 is 4.74 Å². The second kappa shape index (κ2) is 4.25. The molecular weight excluding hydrogens is 214 g/mol. The Morgan fingerprint density at radius 2 is 2.00 bits per heavy atom. The van der Waals surface area contributed by atoms with Gasteiger partial charge in [0.05, 0.1) is 5.69 Å². The largest absolute Gasteiger partial charge is 0.487 e.